The molecule has 0 fully saturated rings. The number of pyridine rings is 1. The van der Waals surface area contributed by atoms with Gasteiger partial charge in [0.15, 0.2) is 0 Å². The van der Waals surface area contributed by atoms with Crippen molar-refractivity contribution in [2.24, 2.45) is 0 Å². The van der Waals surface area contributed by atoms with Gasteiger partial charge in [-0.25, -0.2) is 0 Å². The van der Waals surface area contributed by atoms with Crippen molar-refractivity contribution in [3.8, 4) is 0 Å². The molecule has 0 aliphatic carbocycles. The third-order valence-electron chi connectivity index (χ3n) is 2.64. The maximum atomic E-state index is 4.00. The zero-order valence-electron chi connectivity index (χ0n) is 9.39. The van der Waals surface area contributed by atoms with Gasteiger partial charge < -0.3 is 5.32 Å². The molecule has 0 radical (unpaired) electrons. The average Bonchev–Trinajstić information content (AvgIpc) is 2.84. The van der Waals surface area contributed by atoms with Crippen LogP contribution in [0.2, 0.25) is 0 Å². The molecule has 2 aromatic heterocycles. The Labute approximate surface area is 100 Å². The van der Waals surface area contributed by atoms with Crippen LogP contribution in [-0.4, -0.2) is 11.5 Å². The quantitative estimate of drug-likeness (QED) is 0.857. The third kappa shape index (κ3) is 3.15. The number of thiophene rings is 1. The van der Waals surface area contributed by atoms with Gasteiger partial charge in [0.25, 0.3) is 0 Å². The molecule has 0 bridgehead atoms. The highest BCUT2D eigenvalue weighted by Crippen LogP contribution is 2.17. The van der Waals surface area contributed by atoms with Gasteiger partial charge in [0.1, 0.15) is 0 Å². The van der Waals surface area contributed by atoms with Gasteiger partial charge >= 0.3 is 0 Å². The van der Waals surface area contributed by atoms with Crippen LogP contribution in [0.3, 0.4) is 0 Å². The summed E-state index contributed by atoms with van der Waals surface area (Å²) in [4.78, 5) is 4.00. The lowest BCUT2D eigenvalue weighted by Crippen LogP contribution is -2.19. The molecule has 0 saturated heterocycles. The van der Waals surface area contributed by atoms with Crippen LogP contribution in [0.5, 0.6) is 0 Å². The van der Waals surface area contributed by atoms with Gasteiger partial charge in [0, 0.05) is 25.5 Å². The lowest BCUT2D eigenvalue weighted by Gasteiger charge is -2.11. The fraction of sp³-hybridized carbons (Fsp3) is 0.308. The Morgan fingerprint density at radius 2 is 2.12 bits per heavy atom. The maximum absolute atomic E-state index is 4.00. The number of aromatic nitrogens is 1. The van der Waals surface area contributed by atoms with Crippen molar-refractivity contribution in [2.75, 3.05) is 6.54 Å². The summed E-state index contributed by atoms with van der Waals surface area (Å²) in [6, 6.07) is 6.29. The lowest BCUT2D eigenvalue weighted by atomic mass is 10.1. The highest BCUT2D eigenvalue weighted by Gasteiger charge is 2.04. The van der Waals surface area contributed by atoms with Crippen LogP contribution in [0.25, 0.3) is 0 Å². The van der Waals surface area contributed by atoms with Gasteiger partial charge in [-0.05, 0) is 46.0 Å². The van der Waals surface area contributed by atoms with E-state index >= 15 is 0 Å². The van der Waals surface area contributed by atoms with E-state index in [0.29, 0.717) is 5.92 Å². The van der Waals surface area contributed by atoms with Gasteiger partial charge in [0.2, 0.25) is 0 Å². The normalized spacial score (nSPS) is 12.6. The second kappa shape index (κ2) is 5.77. The molecular formula is C13H16N2S. The molecule has 2 aromatic rings. The molecule has 1 unspecified atom stereocenters. The summed E-state index contributed by atoms with van der Waals surface area (Å²) in [6.07, 6.45) is 3.67. The molecule has 3 heteroatoms. The number of nitrogens with zero attached hydrogens (tertiary/aromatic N) is 1. The number of nitrogens with one attached hydrogen (secondary N) is 1. The van der Waals surface area contributed by atoms with E-state index < -0.39 is 0 Å². The largest absolute Gasteiger partial charge is 0.312 e. The molecule has 84 valence electrons. The molecule has 2 rings (SSSR count). The Hall–Kier alpha value is -1.19. The summed E-state index contributed by atoms with van der Waals surface area (Å²) < 4.78 is 0. The SMILES string of the molecule is CC(CNCc1ccncc1)c1ccsc1. The van der Waals surface area contributed by atoms with Crippen LogP contribution in [0.1, 0.15) is 24.0 Å². The Bertz CT molecular complexity index is 397. The third-order valence-corrected chi connectivity index (χ3v) is 3.34. The van der Waals surface area contributed by atoms with Crippen molar-refractivity contribution in [3.05, 3.63) is 52.5 Å². The van der Waals surface area contributed by atoms with Crippen molar-refractivity contribution in [1.82, 2.24) is 10.3 Å². The first-order chi connectivity index (χ1) is 7.86. The minimum Gasteiger partial charge on any atom is -0.312 e. The van der Waals surface area contributed by atoms with Crippen molar-refractivity contribution in [3.63, 3.8) is 0 Å². The molecule has 1 atom stereocenters. The molecule has 2 heterocycles. The second-order valence-electron chi connectivity index (χ2n) is 3.94. The predicted molar refractivity (Wildman–Crippen MR) is 68.7 cm³/mol. The molecule has 16 heavy (non-hydrogen) atoms. The number of rotatable bonds is 5. The van der Waals surface area contributed by atoms with E-state index in [0.717, 1.165) is 13.1 Å². The van der Waals surface area contributed by atoms with E-state index in [1.165, 1.54) is 11.1 Å². The van der Waals surface area contributed by atoms with Crippen LogP contribution in [0.4, 0.5) is 0 Å². The van der Waals surface area contributed by atoms with Crippen LogP contribution in [0.15, 0.2) is 41.4 Å². The minimum absolute atomic E-state index is 0.577. The highest BCUT2D eigenvalue weighted by atomic mass is 32.1. The molecule has 0 amide bonds. The van der Waals surface area contributed by atoms with Crippen LogP contribution in [0, 0.1) is 0 Å². The Morgan fingerprint density at radius 1 is 1.31 bits per heavy atom. The van der Waals surface area contributed by atoms with Crippen LogP contribution in [-0.2, 0) is 6.54 Å². The monoisotopic (exact) mass is 232 g/mol. The van der Waals surface area contributed by atoms with E-state index in [2.05, 4.69) is 34.1 Å². The zero-order chi connectivity index (χ0) is 11.2. The maximum Gasteiger partial charge on any atom is 0.0271 e. The smallest absolute Gasteiger partial charge is 0.0271 e. The molecule has 0 saturated carbocycles. The van der Waals surface area contributed by atoms with Gasteiger partial charge in [0.05, 0.1) is 0 Å². The molecule has 0 aliphatic heterocycles. The van der Waals surface area contributed by atoms with Crippen LogP contribution >= 0.6 is 11.3 Å². The van der Waals surface area contributed by atoms with E-state index in [1.807, 2.05) is 24.5 Å². The fourth-order valence-electron chi connectivity index (χ4n) is 1.61. The van der Waals surface area contributed by atoms with E-state index in [4.69, 9.17) is 0 Å². The summed E-state index contributed by atoms with van der Waals surface area (Å²) in [5.74, 6) is 0.577. The number of hydrogen-bond acceptors (Lipinski definition) is 3. The Balaban J connectivity index is 1.76. The predicted octanol–water partition coefficient (Wildman–Crippen LogP) is 3.04. The van der Waals surface area contributed by atoms with Gasteiger partial charge in [-0.15, -0.1) is 0 Å². The van der Waals surface area contributed by atoms with Crippen LogP contribution < -0.4 is 5.32 Å². The van der Waals surface area contributed by atoms with Gasteiger partial charge in [-0.2, -0.15) is 11.3 Å². The fourth-order valence-corrected chi connectivity index (χ4v) is 2.39. The molecule has 0 aromatic carbocycles. The topological polar surface area (TPSA) is 24.9 Å². The minimum atomic E-state index is 0.577. The van der Waals surface area contributed by atoms with E-state index in [-0.39, 0.29) is 0 Å². The first-order valence-corrected chi connectivity index (χ1v) is 6.42. The standard InChI is InChI=1S/C13H16N2S/c1-11(13-4-7-16-10-13)8-15-9-12-2-5-14-6-3-12/h2-7,10-11,15H,8-9H2,1H3. The molecule has 2 nitrogen and oxygen atoms in total. The summed E-state index contributed by atoms with van der Waals surface area (Å²) in [7, 11) is 0. The van der Waals surface area contributed by atoms with Crippen molar-refractivity contribution in [2.45, 2.75) is 19.4 Å². The van der Waals surface area contributed by atoms with Gasteiger partial charge in [-0.3, -0.25) is 4.98 Å². The second-order valence-corrected chi connectivity index (χ2v) is 4.72. The first kappa shape index (κ1) is 11.3. The summed E-state index contributed by atoms with van der Waals surface area (Å²) >= 11 is 1.76. The summed E-state index contributed by atoms with van der Waals surface area (Å²) in [5, 5.41) is 7.82. The van der Waals surface area contributed by atoms with E-state index in [9.17, 15) is 0 Å². The summed E-state index contributed by atoms with van der Waals surface area (Å²) in [5.41, 5.74) is 2.71. The average molecular weight is 232 g/mol. The molecule has 1 N–H and O–H groups in total. The van der Waals surface area contributed by atoms with Crippen molar-refractivity contribution < 1.29 is 0 Å². The van der Waals surface area contributed by atoms with Gasteiger partial charge in [-0.1, -0.05) is 6.92 Å². The van der Waals surface area contributed by atoms with E-state index in [1.54, 1.807) is 11.3 Å². The molecule has 0 spiro atoms. The first-order valence-electron chi connectivity index (χ1n) is 5.48. The lowest BCUT2D eigenvalue weighted by molar-refractivity contribution is 0.616. The zero-order valence-corrected chi connectivity index (χ0v) is 10.2. The van der Waals surface area contributed by atoms with Crippen molar-refractivity contribution >= 4 is 11.3 Å². The Kier molecular flexibility index (Phi) is 4.08. The Morgan fingerprint density at radius 3 is 2.81 bits per heavy atom. The van der Waals surface area contributed by atoms with Crippen molar-refractivity contribution in [1.29, 1.82) is 0 Å². The molecular weight excluding hydrogens is 216 g/mol. The number of hydrogen-bond donors (Lipinski definition) is 1. The summed E-state index contributed by atoms with van der Waals surface area (Å²) in [6.45, 7) is 4.18. The molecule has 0 aliphatic rings. The highest BCUT2D eigenvalue weighted by molar-refractivity contribution is 7.07.